The van der Waals surface area contributed by atoms with Crippen molar-refractivity contribution in [1.29, 1.82) is 0 Å². The molecule has 0 amide bonds. The fraction of sp³-hybridized carbons (Fsp3) is 0.538. The standard InChI is InChI=1S/C13H20N2O/c1-3-16-12-14-9-13(2,10-15-12)11-7-5-4-6-8-11/h4-8,12,14-15H,3,9-10H2,1-2H3. The maximum absolute atomic E-state index is 5.49. The maximum atomic E-state index is 5.49. The first kappa shape index (κ1) is 11.6. The van der Waals surface area contributed by atoms with E-state index in [1.165, 1.54) is 5.56 Å². The summed E-state index contributed by atoms with van der Waals surface area (Å²) in [6.07, 6.45) is 0.00165. The molecule has 0 atom stereocenters. The normalized spacial score (nSPS) is 30.2. The van der Waals surface area contributed by atoms with Gasteiger partial charge in [-0.3, -0.25) is 10.6 Å². The summed E-state index contributed by atoms with van der Waals surface area (Å²) in [6.45, 7) is 6.88. The summed E-state index contributed by atoms with van der Waals surface area (Å²) in [5.41, 5.74) is 1.51. The van der Waals surface area contributed by atoms with Gasteiger partial charge >= 0.3 is 0 Å². The molecule has 0 radical (unpaired) electrons. The summed E-state index contributed by atoms with van der Waals surface area (Å²) in [5.74, 6) is 0. The van der Waals surface area contributed by atoms with Gasteiger partial charge in [-0.1, -0.05) is 37.3 Å². The second kappa shape index (κ2) is 4.95. The molecular weight excluding hydrogens is 200 g/mol. The zero-order chi connectivity index (χ0) is 11.4. The van der Waals surface area contributed by atoms with Crippen molar-refractivity contribution in [3.8, 4) is 0 Å². The van der Waals surface area contributed by atoms with Gasteiger partial charge in [0.1, 0.15) is 0 Å². The van der Waals surface area contributed by atoms with Crippen molar-refractivity contribution in [3.63, 3.8) is 0 Å². The molecule has 1 saturated heterocycles. The highest BCUT2D eigenvalue weighted by atomic mass is 16.5. The minimum atomic E-state index is 0.00165. The van der Waals surface area contributed by atoms with Gasteiger partial charge in [-0.25, -0.2) is 0 Å². The lowest BCUT2D eigenvalue weighted by Gasteiger charge is -2.39. The molecule has 0 aromatic heterocycles. The molecule has 1 fully saturated rings. The molecule has 1 aromatic carbocycles. The lowest BCUT2D eigenvalue weighted by atomic mass is 9.81. The number of rotatable bonds is 3. The Balaban J connectivity index is 2.01. The SMILES string of the molecule is CCOC1NCC(C)(c2ccccc2)CN1. The molecule has 3 nitrogen and oxygen atoms in total. The van der Waals surface area contributed by atoms with Gasteiger partial charge in [0.25, 0.3) is 0 Å². The predicted molar refractivity (Wildman–Crippen MR) is 65.2 cm³/mol. The lowest BCUT2D eigenvalue weighted by Crippen LogP contribution is -2.59. The van der Waals surface area contributed by atoms with E-state index in [0.717, 1.165) is 19.7 Å². The molecule has 0 spiro atoms. The Morgan fingerprint density at radius 1 is 1.25 bits per heavy atom. The fourth-order valence-corrected chi connectivity index (χ4v) is 2.10. The van der Waals surface area contributed by atoms with Crippen LogP contribution in [0.5, 0.6) is 0 Å². The van der Waals surface area contributed by atoms with Gasteiger partial charge in [0.05, 0.1) is 0 Å². The monoisotopic (exact) mass is 220 g/mol. The Labute approximate surface area is 97.2 Å². The lowest BCUT2D eigenvalue weighted by molar-refractivity contribution is -0.00965. The van der Waals surface area contributed by atoms with E-state index < -0.39 is 0 Å². The van der Waals surface area contributed by atoms with Gasteiger partial charge in [-0.05, 0) is 12.5 Å². The molecule has 0 bridgehead atoms. The van der Waals surface area contributed by atoms with Gasteiger partial charge < -0.3 is 4.74 Å². The van der Waals surface area contributed by atoms with Gasteiger partial charge in [0, 0.05) is 25.1 Å². The van der Waals surface area contributed by atoms with Crippen LogP contribution in [0.1, 0.15) is 19.4 Å². The third kappa shape index (κ3) is 2.43. The Morgan fingerprint density at radius 3 is 2.44 bits per heavy atom. The zero-order valence-corrected chi connectivity index (χ0v) is 9.99. The quantitative estimate of drug-likeness (QED) is 0.809. The van der Waals surface area contributed by atoms with Crippen LogP contribution in [0.15, 0.2) is 30.3 Å². The zero-order valence-electron chi connectivity index (χ0n) is 9.99. The molecule has 0 saturated carbocycles. The van der Waals surface area contributed by atoms with E-state index in [2.05, 4.69) is 47.9 Å². The Kier molecular flexibility index (Phi) is 3.59. The molecule has 88 valence electrons. The molecule has 1 aromatic rings. The Hall–Kier alpha value is -0.900. The summed E-state index contributed by atoms with van der Waals surface area (Å²) in [7, 11) is 0. The van der Waals surface area contributed by atoms with E-state index in [1.54, 1.807) is 0 Å². The van der Waals surface area contributed by atoms with Crippen LogP contribution in [0.25, 0.3) is 0 Å². The molecule has 1 heterocycles. The van der Waals surface area contributed by atoms with Crippen molar-refractivity contribution in [2.45, 2.75) is 25.6 Å². The molecule has 1 aliphatic rings. The molecule has 1 aliphatic heterocycles. The van der Waals surface area contributed by atoms with Crippen molar-refractivity contribution in [2.24, 2.45) is 0 Å². The summed E-state index contributed by atoms with van der Waals surface area (Å²) in [4.78, 5) is 0. The summed E-state index contributed by atoms with van der Waals surface area (Å²) in [5, 5.41) is 6.75. The topological polar surface area (TPSA) is 33.3 Å². The van der Waals surface area contributed by atoms with Crippen LogP contribution in [0, 0.1) is 0 Å². The van der Waals surface area contributed by atoms with E-state index in [4.69, 9.17) is 4.74 Å². The van der Waals surface area contributed by atoms with Crippen LogP contribution >= 0.6 is 0 Å². The van der Waals surface area contributed by atoms with Crippen LogP contribution in [-0.4, -0.2) is 26.0 Å². The van der Waals surface area contributed by atoms with Crippen molar-refractivity contribution < 1.29 is 4.74 Å². The third-order valence-electron chi connectivity index (χ3n) is 3.16. The van der Waals surface area contributed by atoms with Gasteiger partial charge in [-0.2, -0.15) is 0 Å². The highest BCUT2D eigenvalue weighted by molar-refractivity contribution is 5.26. The number of nitrogens with one attached hydrogen (secondary N) is 2. The second-order valence-corrected chi connectivity index (χ2v) is 4.52. The number of ether oxygens (including phenoxy) is 1. The second-order valence-electron chi connectivity index (χ2n) is 4.52. The average molecular weight is 220 g/mol. The van der Waals surface area contributed by atoms with Crippen molar-refractivity contribution in [2.75, 3.05) is 19.7 Å². The Bertz CT molecular complexity index is 318. The summed E-state index contributed by atoms with van der Waals surface area (Å²) in [6, 6.07) is 10.6. The summed E-state index contributed by atoms with van der Waals surface area (Å²) >= 11 is 0. The molecule has 0 aliphatic carbocycles. The van der Waals surface area contributed by atoms with Gasteiger partial charge in [-0.15, -0.1) is 0 Å². The third-order valence-corrected chi connectivity index (χ3v) is 3.16. The van der Waals surface area contributed by atoms with Crippen molar-refractivity contribution in [1.82, 2.24) is 10.6 Å². The highest BCUT2D eigenvalue weighted by Crippen LogP contribution is 2.24. The fourth-order valence-electron chi connectivity index (χ4n) is 2.10. The minimum Gasteiger partial charge on any atom is -0.350 e. The molecule has 3 heteroatoms. The molecular formula is C13H20N2O. The van der Waals surface area contributed by atoms with Crippen molar-refractivity contribution >= 4 is 0 Å². The summed E-state index contributed by atoms with van der Waals surface area (Å²) < 4.78 is 5.49. The van der Waals surface area contributed by atoms with Crippen LogP contribution in [0.2, 0.25) is 0 Å². The predicted octanol–water partition coefficient (Wildman–Crippen LogP) is 1.46. The van der Waals surface area contributed by atoms with E-state index in [0.29, 0.717) is 0 Å². The van der Waals surface area contributed by atoms with E-state index in [9.17, 15) is 0 Å². The number of hydrogen-bond donors (Lipinski definition) is 2. The van der Waals surface area contributed by atoms with Gasteiger partial charge in [0.15, 0.2) is 6.35 Å². The van der Waals surface area contributed by atoms with Crippen LogP contribution in [-0.2, 0) is 10.2 Å². The van der Waals surface area contributed by atoms with Crippen molar-refractivity contribution in [3.05, 3.63) is 35.9 Å². The molecule has 16 heavy (non-hydrogen) atoms. The first-order valence-electron chi connectivity index (χ1n) is 5.88. The molecule has 0 unspecified atom stereocenters. The molecule has 2 N–H and O–H groups in total. The highest BCUT2D eigenvalue weighted by Gasteiger charge is 2.31. The van der Waals surface area contributed by atoms with E-state index in [-0.39, 0.29) is 11.8 Å². The van der Waals surface area contributed by atoms with E-state index in [1.807, 2.05) is 6.92 Å². The minimum absolute atomic E-state index is 0.00165. The van der Waals surface area contributed by atoms with Crippen LogP contribution in [0.4, 0.5) is 0 Å². The van der Waals surface area contributed by atoms with Crippen LogP contribution in [0.3, 0.4) is 0 Å². The van der Waals surface area contributed by atoms with E-state index >= 15 is 0 Å². The maximum Gasteiger partial charge on any atom is 0.163 e. The first-order valence-corrected chi connectivity index (χ1v) is 5.88. The number of hydrogen-bond acceptors (Lipinski definition) is 3. The first-order chi connectivity index (χ1) is 7.74. The molecule has 2 rings (SSSR count). The Morgan fingerprint density at radius 2 is 1.88 bits per heavy atom. The van der Waals surface area contributed by atoms with Crippen LogP contribution < -0.4 is 10.6 Å². The largest absolute Gasteiger partial charge is 0.350 e. The smallest absolute Gasteiger partial charge is 0.163 e. The average Bonchev–Trinajstić information content (AvgIpc) is 2.34. The number of benzene rings is 1. The van der Waals surface area contributed by atoms with Gasteiger partial charge in [0.2, 0.25) is 0 Å².